The molecule has 0 spiro atoms. The molecule has 16 heteroatoms. The normalized spacial score (nSPS) is 28.9. The Morgan fingerprint density at radius 2 is 1.67 bits per heavy atom. The van der Waals surface area contributed by atoms with Gasteiger partial charge >= 0.3 is 6.18 Å². The molecule has 308 valence electrons. The lowest BCUT2D eigenvalue weighted by atomic mass is 9.75. The quantitative estimate of drug-likeness (QED) is 0.217. The van der Waals surface area contributed by atoms with Crippen molar-refractivity contribution in [3.63, 3.8) is 0 Å². The van der Waals surface area contributed by atoms with Crippen LogP contribution in [0.5, 0.6) is 0 Å². The van der Waals surface area contributed by atoms with Gasteiger partial charge in [-0.05, 0) is 103 Å². The number of hydrogen-bond donors (Lipinski definition) is 3. The highest BCUT2D eigenvalue weighted by Gasteiger charge is 2.54. The minimum atomic E-state index is -4.74. The van der Waals surface area contributed by atoms with Crippen molar-refractivity contribution in [3.05, 3.63) is 59.2 Å². The van der Waals surface area contributed by atoms with E-state index in [9.17, 15) is 37.6 Å². The number of rotatable bonds is 10. The van der Waals surface area contributed by atoms with Crippen molar-refractivity contribution in [1.82, 2.24) is 20.0 Å². The van der Waals surface area contributed by atoms with Crippen molar-refractivity contribution in [2.45, 2.75) is 120 Å². The van der Waals surface area contributed by atoms with Crippen molar-refractivity contribution < 1.29 is 37.1 Å². The molecule has 2 aromatic carbocycles. The van der Waals surface area contributed by atoms with Gasteiger partial charge in [0.1, 0.15) is 5.50 Å². The summed E-state index contributed by atoms with van der Waals surface area (Å²) < 4.78 is 47.6. The summed E-state index contributed by atoms with van der Waals surface area (Å²) in [5, 5.41) is 14.6. The summed E-state index contributed by atoms with van der Waals surface area (Å²) in [5.74, 6) is -1.04. The summed E-state index contributed by atoms with van der Waals surface area (Å²) in [6.45, 7) is 12.7. The number of ether oxygens (including phenoxy) is 1. The van der Waals surface area contributed by atoms with E-state index in [2.05, 4.69) is 34.3 Å². The Labute approximate surface area is 337 Å². The molecule has 0 aromatic heterocycles. The van der Waals surface area contributed by atoms with E-state index in [1.54, 1.807) is 32.0 Å². The average Bonchev–Trinajstić information content (AvgIpc) is 3.33. The molecule has 12 nitrogen and oxygen atoms in total. The van der Waals surface area contributed by atoms with Gasteiger partial charge in [-0.2, -0.15) is 18.4 Å². The van der Waals surface area contributed by atoms with Crippen LogP contribution < -0.4 is 15.5 Å². The monoisotopic (exact) mass is 811 g/mol. The van der Waals surface area contributed by atoms with Gasteiger partial charge in [0.2, 0.25) is 23.6 Å². The minimum Gasteiger partial charge on any atom is -0.377 e. The highest BCUT2D eigenvalue weighted by atomic mass is 32.1. The Morgan fingerprint density at radius 1 is 1.02 bits per heavy atom. The van der Waals surface area contributed by atoms with E-state index in [4.69, 9.17) is 17.4 Å². The summed E-state index contributed by atoms with van der Waals surface area (Å²) in [5.41, 5.74) is -2.68. The third-order valence-corrected chi connectivity index (χ3v) is 12.8. The molecule has 2 aromatic rings. The van der Waals surface area contributed by atoms with E-state index in [1.807, 2.05) is 24.0 Å². The van der Waals surface area contributed by atoms with Crippen molar-refractivity contribution in [2.24, 2.45) is 0 Å². The number of nitrogens with zero attached hydrogens (tertiary/aromatic N) is 5. The van der Waals surface area contributed by atoms with Gasteiger partial charge in [0.15, 0.2) is 0 Å². The van der Waals surface area contributed by atoms with Crippen LogP contribution in [0.15, 0.2) is 42.5 Å². The van der Waals surface area contributed by atoms with E-state index >= 15 is 0 Å². The molecule has 1 saturated carbocycles. The Balaban J connectivity index is 0.945. The standard InChI is InChI=1S/C41H52F3N7O5S/c1-25-22-48(23-26(2)49(25)24-35(53)46-29-9-7-28(8-10-29)40(5)17-16-34(52)47-36(40)54)18-19-56-32-14-12-30(13-15-32)51-38(57)50(37(55)39(51,3)4)31-11-6-27(21-45)33(20-31)41(42,43)44/h6-11,20,25-26,30,32,38,57H,12-19,22-24H2,1-5H3,(H,46,53)(H,47,52,54)/t25-,26+,30?,32?,38?,40-/m1/s1. The molecule has 0 radical (unpaired) electrons. The van der Waals surface area contributed by atoms with Crippen molar-refractivity contribution in [2.75, 3.05) is 43.0 Å². The molecule has 2 N–H and O–H groups in total. The van der Waals surface area contributed by atoms with Crippen LogP contribution in [-0.4, -0.2) is 106 Å². The molecule has 1 aliphatic carbocycles. The number of piperazine rings is 1. The molecule has 3 heterocycles. The number of thiol groups is 1. The molecule has 3 aliphatic heterocycles. The molecular weight excluding hydrogens is 760 g/mol. The Hall–Kier alpha value is -4.01. The fraction of sp³-hybridized carbons (Fsp3) is 0.585. The number of carbonyl (C=O) groups is 4. The smallest absolute Gasteiger partial charge is 0.377 e. The first-order valence-corrected chi connectivity index (χ1v) is 20.1. The van der Waals surface area contributed by atoms with Crippen LogP contribution >= 0.6 is 12.6 Å². The van der Waals surface area contributed by atoms with Gasteiger partial charge in [-0.1, -0.05) is 12.1 Å². The maximum atomic E-state index is 13.7. The largest absolute Gasteiger partial charge is 0.417 e. The molecule has 4 amide bonds. The van der Waals surface area contributed by atoms with E-state index in [-0.39, 0.29) is 66.5 Å². The number of alkyl halides is 3. The molecule has 1 unspecified atom stereocenters. The third kappa shape index (κ3) is 8.88. The number of imide groups is 1. The molecule has 6 rings (SSSR count). The van der Waals surface area contributed by atoms with Gasteiger partial charge in [-0.25, -0.2) is 0 Å². The van der Waals surface area contributed by atoms with Gasteiger partial charge in [0.25, 0.3) is 0 Å². The van der Waals surface area contributed by atoms with Gasteiger partial charge in [0.05, 0.1) is 47.4 Å². The molecule has 3 saturated heterocycles. The second-order valence-corrected chi connectivity index (χ2v) is 17.1. The van der Waals surface area contributed by atoms with Gasteiger partial charge in [-0.15, -0.1) is 12.6 Å². The number of benzene rings is 2. The van der Waals surface area contributed by atoms with Crippen LogP contribution in [0.3, 0.4) is 0 Å². The van der Waals surface area contributed by atoms with E-state index in [0.717, 1.165) is 63.0 Å². The van der Waals surface area contributed by atoms with Gasteiger partial charge in [-0.3, -0.25) is 44.1 Å². The van der Waals surface area contributed by atoms with E-state index in [0.29, 0.717) is 18.7 Å². The number of halogens is 3. The number of amides is 4. The summed E-state index contributed by atoms with van der Waals surface area (Å²) in [4.78, 5) is 58.8. The average molecular weight is 812 g/mol. The van der Waals surface area contributed by atoms with E-state index in [1.165, 1.54) is 11.0 Å². The first-order valence-electron chi connectivity index (χ1n) is 19.6. The Bertz CT molecular complexity index is 1890. The van der Waals surface area contributed by atoms with Crippen LogP contribution in [0.4, 0.5) is 24.5 Å². The van der Waals surface area contributed by atoms with Crippen molar-refractivity contribution in [3.8, 4) is 6.07 Å². The van der Waals surface area contributed by atoms with Crippen LogP contribution in [0.2, 0.25) is 0 Å². The first kappa shape index (κ1) is 42.6. The lowest BCUT2D eigenvalue weighted by Crippen LogP contribution is -2.58. The van der Waals surface area contributed by atoms with Crippen molar-refractivity contribution >= 4 is 47.6 Å². The Kier molecular flexibility index (Phi) is 12.5. The molecular formula is C41H52F3N7O5S. The van der Waals surface area contributed by atoms with Gasteiger partial charge in [0, 0.05) is 55.6 Å². The number of hydrogen-bond acceptors (Lipinski definition) is 10. The van der Waals surface area contributed by atoms with Crippen molar-refractivity contribution in [1.29, 1.82) is 5.26 Å². The predicted octanol–water partition coefficient (Wildman–Crippen LogP) is 5.27. The zero-order valence-electron chi connectivity index (χ0n) is 33.1. The molecule has 4 fully saturated rings. The van der Waals surface area contributed by atoms with Crippen LogP contribution in [0.1, 0.15) is 89.8 Å². The number of piperidine rings is 1. The minimum absolute atomic E-state index is 0.0237. The molecule has 57 heavy (non-hydrogen) atoms. The maximum Gasteiger partial charge on any atom is 0.417 e. The lowest BCUT2D eigenvalue weighted by Gasteiger charge is -2.44. The summed E-state index contributed by atoms with van der Waals surface area (Å²) in [6, 6.07) is 12.4. The second-order valence-electron chi connectivity index (χ2n) is 16.6. The first-order chi connectivity index (χ1) is 26.8. The molecule has 0 bridgehead atoms. The molecule has 4 atom stereocenters. The zero-order valence-corrected chi connectivity index (χ0v) is 34.0. The number of nitriles is 1. The van der Waals surface area contributed by atoms with Gasteiger partial charge < -0.3 is 10.1 Å². The number of anilines is 2. The summed E-state index contributed by atoms with van der Waals surface area (Å²) in [7, 11) is 0. The van der Waals surface area contributed by atoms with Crippen LogP contribution in [0.25, 0.3) is 0 Å². The second kappa shape index (κ2) is 16.7. The fourth-order valence-electron chi connectivity index (χ4n) is 9.00. The summed E-state index contributed by atoms with van der Waals surface area (Å²) >= 11 is 4.76. The lowest BCUT2D eigenvalue weighted by molar-refractivity contribution is -0.138. The summed E-state index contributed by atoms with van der Waals surface area (Å²) in [6.07, 6.45) is -0.951. The third-order valence-electron chi connectivity index (χ3n) is 12.3. The fourth-order valence-corrected chi connectivity index (χ4v) is 9.71. The molecule has 4 aliphatic rings. The topological polar surface area (TPSA) is 138 Å². The highest BCUT2D eigenvalue weighted by molar-refractivity contribution is 7.81. The SMILES string of the molecule is C[C@@H]1CN(CCOC2CCC(N3C(S)N(c4ccc(C#N)c(C(F)(F)F)c4)C(=O)C3(C)C)CC2)C[C@H](C)N1CC(=O)Nc1ccc([C@@]2(C)CCC(=O)NC2=O)cc1. The Morgan fingerprint density at radius 3 is 2.26 bits per heavy atom. The van der Waals surface area contributed by atoms with Crippen LogP contribution in [-0.2, 0) is 35.5 Å². The number of carbonyl (C=O) groups excluding carboxylic acids is 4. The zero-order chi connectivity index (χ0) is 41.4. The van der Waals surface area contributed by atoms with Crippen LogP contribution in [0, 0.1) is 11.3 Å². The predicted molar refractivity (Wildman–Crippen MR) is 211 cm³/mol. The number of nitrogens with one attached hydrogen (secondary N) is 2. The highest BCUT2D eigenvalue weighted by Crippen LogP contribution is 2.43. The maximum absolute atomic E-state index is 13.7. The van der Waals surface area contributed by atoms with E-state index < -0.39 is 33.8 Å².